The highest BCUT2D eigenvalue weighted by Gasteiger charge is 2.42. The molecule has 1 unspecified atom stereocenters. The number of ether oxygens (including phenoxy) is 1. The van der Waals surface area contributed by atoms with Crippen molar-refractivity contribution in [1.82, 2.24) is 0 Å². The minimum absolute atomic E-state index is 0.553. The second-order valence-corrected chi connectivity index (χ2v) is 6.52. The van der Waals surface area contributed by atoms with Crippen molar-refractivity contribution in [2.45, 2.75) is 26.2 Å². The molecule has 0 amide bonds. The lowest BCUT2D eigenvalue weighted by Crippen LogP contribution is -2.49. The van der Waals surface area contributed by atoms with E-state index >= 15 is 0 Å². The molecule has 1 aromatic carbocycles. The van der Waals surface area contributed by atoms with E-state index in [0.29, 0.717) is 38.5 Å². The van der Waals surface area contributed by atoms with Crippen molar-refractivity contribution >= 4 is 11.7 Å². The maximum Gasteiger partial charge on any atom is 0.311 e. The van der Waals surface area contributed by atoms with Crippen molar-refractivity contribution in [3.63, 3.8) is 0 Å². The Morgan fingerprint density at radius 1 is 1.38 bits per heavy atom. The zero-order chi connectivity index (χ0) is 14.9. The van der Waals surface area contributed by atoms with Crippen molar-refractivity contribution in [1.29, 1.82) is 0 Å². The Hall–Kier alpha value is -1.55. The molecule has 1 atom stereocenters. The van der Waals surface area contributed by atoms with Crippen molar-refractivity contribution < 1.29 is 14.6 Å². The predicted molar refractivity (Wildman–Crippen MR) is 81.6 cm³/mol. The second kappa shape index (κ2) is 5.68. The van der Waals surface area contributed by atoms with Crippen LogP contribution in [-0.2, 0) is 16.0 Å². The summed E-state index contributed by atoms with van der Waals surface area (Å²) in [6.45, 7) is 4.87. The first-order valence-corrected chi connectivity index (χ1v) is 7.75. The summed E-state index contributed by atoms with van der Waals surface area (Å²) in [4.78, 5) is 14.1. The van der Waals surface area contributed by atoms with Gasteiger partial charge in [-0.05, 0) is 36.8 Å². The Morgan fingerprint density at radius 3 is 2.81 bits per heavy atom. The molecule has 4 nitrogen and oxygen atoms in total. The van der Waals surface area contributed by atoms with E-state index in [2.05, 4.69) is 30.0 Å². The molecule has 114 valence electrons. The maximum absolute atomic E-state index is 11.9. The van der Waals surface area contributed by atoms with E-state index in [1.165, 1.54) is 11.3 Å². The molecule has 2 aliphatic heterocycles. The quantitative estimate of drug-likeness (QED) is 0.929. The Kier molecular flexibility index (Phi) is 3.89. The minimum atomic E-state index is -0.679. The number of carbonyl (C=O) groups is 1. The smallest absolute Gasteiger partial charge is 0.311 e. The number of rotatable bonds is 3. The van der Waals surface area contributed by atoms with Gasteiger partial charge in [-0.25, -0.2) is 0 Å². The lowest BCUT2D eigenvalue weighted by Gasteiger charge is -2.42. The van der Waals surface area contributed by atoms with Crippen LogP contribution in [0.2, 0.25) is 0 Å². The summed E-state index contributed by atoms with van der Waals surface area (Å²) in [6, 6.07) is 8.39. The highest BCUT2D eigenvalue weighted by Crippen LogP contribution is 2.37. The van der Waals surface area contributed by atoms with Gasteiger partial charge in [0.1, 0.15) is 0 Å². The van der Waals surface area contributed by atoms with E-state index in [0.717, 1.165) is 13.0 Å². The van der Waals surface area contributed by atoms with E-state index in [9.17, 15) is 9.90 Å². The molecular formula is C17H23NO3. The van der Waals surface area contributed by atoms with Gasteiger partial charge < -0.3 is 14.7 Å². The fourth-order valence-electron chi connectivity index (χ4n) is 3.62. The number of fused-ring (bicyclic) bond motifs is 1. The largest absolute Gasteiger partial charge is 0.481 e. The molecule has 1 saturated heterocycles. The monoisotopic (exact) mass is 289 g/mol. The molecule has 0 spiro atoms. The summed E-state index contributed by atoms with van der Waals surface area (Å²) in [7, 11) is 0. The summed E-state index contributed by atoms with van der Waals surface area (Å²) >= 11 is 0. The lowest BCUT2D eigenvalue weighted by atomic mass is 9.78. The average molecular weight is 289 g/mol. The summed E-state index contributed by atoms with van der Waals surface area (Å²) in [5.41, 5.74) is 1.88. The first-order chi connectivity index (χ1) is 10.1. The van der Waals surface area contributed by atoms with Gasteiger partial charge in [-0.15, -0.1) is 0 Å². The number of hydrogen-bond acceptors (Lipinski definition) is 3. The molecule has 21 heavy (non-hydrogen) atoms. The third-order valence-corrected chi connectivity index (χ3v) is 4.83. The molecule has 2 aliphatic rings. The van der Waals surface area contributed by atoms with Gasteiger partial charge in [-0.3, -0.25) is 4.79 Å². The van der Waals surface area contributed by atoms with Gasteiger partial charge in [0.25, 0.3) is 0 Å². The molecule has 0 saturated carbocycles. The third-order valence-electron chi connectivity index (χ3n) is 4.83. The number of nitrogens with zero attached hydrogens (tertiary/aromatic N) is 1. The van der Waals surface area contributed by atoms with Crippen molar-refractivity contribution in [3.8, 4) is 0 Å². The van der Waals surface area contributed by atoms with Crippen LogP contribution in [0, 0.1) is 11.3 Å². The number of anilines is 1. The summed E-state index contributed by atoms with van der Waals surface area (Å²) in [6.07, 6.45) is 2.29. The van der Waals surface area contributed by atoms with Gasteiger partial charge in [0.15, 0.2) is 0 Å². The van der Waals surface area contributed by atoms with Crippen LogP contribution in [0.25, 0.3) is 0 Å². The molecule has 1 aromatic rings. The number of aliphatic carboxylic acids is 1. The van der Waals surface area contributed by atoms with Crippen molar-refractivity contribution in [3.05, 3.63) is 29.8 Å². The number of carboxylic acid groups (broad SMARTS) is 1. The standard InChI is InChI=1S/C17H23NO3/c1-13-10-14-4-2-3-5-15(14)18(11-13)12-17(16(19)20)6-8-21-9-7-17/h2-5,13H,6-12H2,1H3,(H,19,20). The Bertz CT molecular complexity index is 523. The van der Waals surface area contributed by atoms with E-state index < -0.39 is 11.4 Å². The van der Waals surface area contributed by atoms with Gasteiger partial charge in [0, 0.05) is 32.0 Å². The molecule has 0 bridgehead atoms. The summed E-state index contributed by atoms with van der Waals surface area (Å²) < 4.78 is 5.37. The van der Waals surface area contributed by atoms with Crippen LogP contribution >= 0.6 is 0 Å². The van der Waals surface area contributed by atoms with E-state index in [4.69, 9.17) is 4.74 Å². The van der Waals surface area contributed by atoms with Crippen LogP contribution in [0.4, 0.5) is 5.69 Å². The van der Waals surface area contributed by atoms with E-state index in [1.54, 1.807) is 0 Å². The van der Waals surface area contributed by atoms with Gasteiger partial charge in [0.2, 0.25) is 0 Å². The van der Waals surface area contributed by atoms with E-state index in [1.807, 2.05) is 6.07 Å². The number of carboxylic acids is 1. The van der Waals surface area contributed by atoms with Crippen LogP contribution in [0.5, 0.6) is 0 Å². The summed E-state index contributed by atoms with van der Waals surface area (Å²) in [5, 5.41) is 9.75. The molecule has 1 N–H and O–H groups in total. The number of para-hydroxylation sites is 1. The molecule has 0 aromatic heterocycles. The van der Waals surface area contributed by atoms with Crippen LogP contribution in [-0.4, -0.2) is 37.4 Å². The fraction of sp³-hybridized carbons (Fsp3) is 0.588. The van der Waals surface area contributed by atoms with Crippen LogP contribution in [0.15, 0.2) is 24.3 Å². The lowest BCUT2D eigenvalue weighted by molar-refractivity contribution is -0.154. The zero-order valence-electron chi connectivity index (χ0n) is 12.5. The van der Waals surface area contributed by atoms with Gasteiger partial charge in [0.05, 0.1) is 5.41 Å². The van der Waals surface area contributed by atoms with Crippen molar-refractivity contribution in [2.75, 3.05) is 31.2 Å². The molecule has 0 aliphatic carbocycles. The van der Waals surface area contributed by atoms with E-state index in [-0.39, 0.29) is 0 Å². The maximum atomic E-state index is 11.9. The van der Waals surface area contributed by atoms with Crippen LogP contribution < -0.4 is 4.90 Å². The Labute approximate surface area is 125 Å². The Balaban J connectivity index is 1.88. The summed E-state index contributed by atoms with van der Waals surface area (Å²) in [5.74, 6) is -0.118. The normalized spacial score (nSPS) is 24.4. The highest BCUT2D eigenvalue weighted by atomic mass is 16.5. The van der Waals surface area contributed by atoms with Crippen LogP contribution in [0.3, 0.4) is 0 Å². The first-order valence-electron chi connectivity index (χ1n) is 7.75. The van der Waals surface area contributed by atoms with Gasteiger partial charge >= 0.3 is 5.97 Å². The van der Waals surface area contributed by atoms with Gasteiger partial charge in [-0.1, -0.05) is 25.1 Å². The number of hydrogen-bond donors (Lipinski definition) is 1. The highest BCUT2D eigenvalue weighted by molar-refractivity contribution is 5.76. The molecule has 4 heteroatoms. The zero-order valence-corrected chi connectivity index (χ0v) is 12.5. The Morgan fingerprint density at radius 2 is 2.10 bits per heavy atom. The predicted octanol–water partition coefficient (Wildman–Crippen LogP) is 2.57. The SMILES string of the molecule is CC1Cc2ccccc2N(CC2(C(=O)O)CCOCC2)C1. The average Bonchev–Trinajstić information content (AvgIpc) is 2.48. The number of benzene rings is 1. The van der Waals surface area contributed by atoms with Gasteiger partial charge in [-0.2, -0.15) is 0 Å². The van der Waals surface area contributed by atoms with Crippen LogP contribution in [0.1, 0.15) is 25.3 Å². The van der Waals surface area contributed by atoms with Crippen molar-refractivity contribution in [2.24, 2.45) is 11.3 Å². The molecule has 1 fully saturated rings. The minimum Gasteiger partial charge on any atom is -0.481 e. The molecular weight excluding hydrogens is 266 g/mol. The molecule has 0 radical (unpaired) electrons. The topological polar surface area (TPSA) is 49.8 Å². The molecule has 3 rings (SSSR count). The molecule has 2 heterocycles. The fourth-order valence-corrected chi connectivity index (χ4v) is 3.62. The first kappa shape index (κ1) is 14.4. The third kappa shape index (κ3) is 2.77. The second-order valence-electron chi connectivity index (χ2n) is 6.52.